The third kappa shape index (κ3) is 5.66. The highest BCUT2D eigenvalue weighted by molar-refractivity contribution is 7.91. The Balaban J connectivity index is 2.61. The SMILES string of the molecule is CS(=O)(=O)C1CCCC(C(CCC(F)(F)F)NN)C1. The van der Waals surface area contributed by atoms with Gasteiger partial charge in [0.25, 0.3) is 0 Å². The highest BCUT2D eigenvalue weighted by atomic mass is 32.2. The van der Waals surface area contributed by atoms with Gasteiger partial charge in [0.1, 0.15) is 9.84 Å². The van der Waals surface area contributed by atoms with Crippen molar-refractivity contribution in [2.45, 2.75) is 56.0 Å². The topological polar surface area (TPSA) is 72.2 Å². The molecule has 0 bridgehead atoms. The van der Waals surface area contributed by atoms with Crippen LogP contribution in [-0.4, -0.2) is 32.1 Å². The minimum Gasteiger partial charge on any atom is -0.271 e. The first-order chi connectivity index (χ1) is 8.63. The summed E-state index contributed by atoms with van der Waals surface area (Å²) in [7, 11) is -3.13. The maximum atomic E-state index is 12.2. The van der Waals surface area contributed by atoms with Crippen molar-refractivity contribution < 1.29 is 21.6 Å². The zero-order chi connectivity index (χ0) is 14.7. The second-order valence-electron chi connectivity index (χ2n) is 5.31. The maximum absolute atomic E-state index is 12.2. The fraction of sp³-hybridized carbons (Fsp3) is 1.00. The molecule has 19 heavy (non-hydrogen) atoms. The van der Waals surface area contributed by atoms with E-state index >= 15 is 0 Å². The van der Waals surface area contributed by atoms with Crippen LogP contribution in [-0.2, 0) is 9.84 Å². The largest absolute Gasteiger partial charge is 0.389 e. The van der Waals surface area contributed by atoms with Gasteiger partial charge in [-0.05, 0) is 31.6 Å². The van der Waals surface area contributed by atoms with E-state index in [0.717, 1.165) is 6.42 Å². The third-order valence-corrected chi connectivity index (χ3v) is 5.43. The number of nitrogens with one attached hydrogen (secondary N) is 1. The van der Waals surface area contributed by atoms with Crippen molar-refractivity contribution in [2.24, 2.45) is 11.8 Å². The first-order valence-electron chi connectivity index (χ1n) is 6.35. The minimum absolute atomic E-state index is 0.110. The standard InChI is InChI=1S/C11H21F3N2O2S/c1-19(17,18)9-4-2-3-8(7-9)10(16-15)5-6-11(12,13)14/h8-10,16H,2-7,15H2,1H3. The smallest absolute Gasteiger partial charge is 0.271 e. The van der Waals surface area contributed by atoms with Crippen molar-refractivity contribution in [3.63, 3.8) is 0 Å². The zero-order valence-corrected chi connectivity index (χ0v) is 11.7. The van der Waals surface area contributed by atoms with Gasteiger partial charge in [-0.1, -0.05) is 6.42 Å². The van der Waals surface area contributed by atoms with Crippen LogP contribution in [0.5, 0.6) is 0 Å². The Labute approximate surface area is 111 Å². The lowest BCUT2D eigenvalue weighted by Crippen LogP contribution is -2.44. The van der Waals surface area contributed by atoms with Crippen molar-refractivity contribution in [1.82, 2.24) is 5.43 Å². The molecule has 1 fully saturated rings. The van der Waals surface area contributed by atoms with Crippen molar-refractivity contribution >= 4 is 9.84 Å². The first-order valence-corrected chi connectivity index (χ1v) is 8.30. The van der Waals surface area contributed by atoms with Crippen LogP contribution in [0, 0.1) is 5.92 Å². The Morgan fingerprint density at radius 1 is 1.37 bits per heavy atom. The lowest BCUT2D eigenvalue weighted by Gasteiger charge is -2.33. The molecule has 0 aromatic carbocycles. The van der Waals surface area contributed by atoms with Crippen LogP contribution in [0.25, 0.3) is 0 Å². The second-order valence-corrected chi connectivity index (χ2v) is 7.63. The number of hydrogen-bond donors (Lipinski definition) is 2. The number of halogens is 3. The Hall–Kier alpha value is -0.340. The van der Waals surface area contributed by atoms with E-state index < -0.39 is 33.7 Å². The molecule has 1 aliphatic carbocycles. The van der Waals surface area contributed by atoms with Gasteiger partial charge in [-0.3, -0.25) is 11.3 Å². The Morgan fingerprint density at radius 3 is 2.47 bits per heavy atom. The number of nitrogens with two attached hydrogens (primary N) is 1. The number of alkyl halides is 3. The molecule has 1 saturated carbocycles. The van der Waals surface area contributed by atoms with E-state index in [4.69, 9.17) is 5.84 Å². The molecule has 0 amide bonds. The van der Waals surface area contributed by atoms with E-state index in [1.54, 1.807) is 0 Å². The molecule has 0 radical (unpaired) electrons. The molecule has 0 saturated heterocycles. The van der Waals surface area contributed by atoms with Crippen LogP contribution in [0.3, 0.4) is 0 Å². The van der Waals surface area contributed by atoms with E-state index in [1.807, 2.05) is 0 Å². The molecular formula is C11H21F3N2O2S. The summed E-state index contributed by atoms with van der Waals surface area (Å²) >= 11 is 0. The highest BCUT2D eigenvalue weighted by Crippen LogP contribution is 2.33. The molecule has 8 heteroatoms. The molecular weight excluding hydrogens is 281 g/mol. The van der Waals surface area contributed by atoms with E-state index in [2.05, 4.69) is 5.43 Å². The molecule has 0 aromatic heterocycles. The van der Waals surface area contributed by atoms with Crippen LogP contribution < -0.4 is 11.3 Å². The first kappa shape index (κ1) is 16.7. The Bertz CT molecular complexity index is 384. The summed E-state index contributed by atoms with van der Waals surface area (Å²) in [6.07, 6.45) is -1.62. The average molecular weight is 302 g/mol. The van der Waals surface area contributed by atoms with Crippen LogP contribution in [0.2, 0.25) is 0 Å². The zero-order valence-electron chi connectivity index (χ0n) is 10.9. The van der Waals surface area contributed by atoms with Crippen LogP contribution >= 0.6 is 0 Å². The number of rotatable bonds is 5. The monoisotopic (exact) mass is 302 g/mol. The summed E-state index contributed by atoms with van der Waals surface area (Å²) in [5, 5.41) is -0.451. The van der Waals surface area contributed by atoms with E-state index in [1.165, 1.54) is 6.26 Å². The van der Waals surface area contributed by atoms with Gasteiger partial charge >= 0.3 is 6.18 Å². The summed E-state index contributed by atoms with van der Waals surface area (Å²) in [6.45, 7) is 0. The van der Waals surface area contributed by atoms with Gasteiger partial charge in [0, 0.05) is 18.7 Å². The lowest BCUT2D eigenvalue weighted by atomic mass is 9.82. The van der Waals surface area contributed by atoms with Crippen molar-refractivity contribution in [3.05, 3.63) is 0 Å². The van der Waals surface area contributed by atoms with Crippen LogP contribution in [0.1, 0.15) is 38.5 Å². The molecule has 0 spiro atoms. The van der Waals surface area contributed by atoms with Gasteiger partial charge in [0.05, 0.1) is 5.25 Å². The normalized spacial score (nSPS) is 27.2. The molecule has 3 N–H and O–H groups in total. The van der Waals surface area contributed by atoms with Gasteiger partial charge in [-0.2, -0.15) is 13.2 Å². The van der Waals surface area contributed by atoms with Gasteiger partial charge in [-0.25, -0.2) is 8.42 Å². The summed E-state index contributed by atoms with van der Waals surface area (Å²) in [5.41, 5.74) is 2.42. The van der Waals surface area contributed by atoms with Gasteiger partial charge in [-0.15, -0.1) is 0 Å². The summed E-state index contributed by atoms with van der Waals surface area (Å²) < 4.78 is 59.7. The second kappa shape index (κ2) is 6.41. The number of sulfone groups is 1. The highest BCUT2D eigenvalue weighted by Gasteiger charge is 2.35. The van der Waals surface area contributed by atoms with Crippen LogP contribution in [0.15, 0.2) is 0 Å². The molecule has 4 nitrogen and oxygen atoms in total. The average Bonchev–Trinajstić information content (AvgIpc) is 2.27. The van der Waals surface area contributed by atoms with E-state index in [9.17, 15) is 21.6 Å². The Kier molecular flexibility index (Phi) is 5.64. The fourth-order valence-electron chi connectivity index (χ4n) is 2.71. The molecule has 0 aromatic rings. The number of hydrogen-bond acceptors (Lipinski definition) is 4. The van der Waals surface area contributed by atoms with Gasteiger partial charge in [0.2, 0.25) is 0 Å². The molecule has 0 aliphatic heterocycles. The predicted octanol–water partition coefficient (Wildman–Crippen LogP) is 1.76. The predicted molar refractivity (Wildman–Crippen MR) is 67.0 cm³/mol. The summed E-state index contributed by atoms with van der Waals surface area (Å²) in [4.78, 5) is 0. The molecule has 3 unspecified atom stereocenters. The molecule has 3 atom stereocenters. The van der Waals surface area contributed by atoms with Crippen molar-refractivity contribution in [2.75, 3.05) is 6.26 Å². The summed E-state index contributed by atoms with van der Waals surface area (Å²) in [5.74, 6) is 5.21. The third-order valence-electron chi connectivity index (χ3n) is 3.79. The van der Waals surface area contributed by atoms with E-state index in [0.29, 0.717) is 19.3 Å². The molecule has 1 aliphatic rings. The molecule has 114 valence electrons. The lowest BCUT2D eigenvalue weighted by molar-refractivity contribution is -0.137. The minimum atomic E-state index is -4.21. The van der Waals surface area contributed by atoms with E-state index in [-0.39, 0.29) is 12.3 Å². The van der Waals surface area contributed by atoms with Gasteiger partial charge < -0.3 is 0 Å². The van der Waals surface area contributed by atoms with Gasteiger partial charge in [0.15, 0.2) is 0 Å². The number of hydrazine groups is 1. The fourth-order valence-corrected chi connectivity index (χ4v) is 3.90. The van der Waals surface area contributed by atoms with Crippen LogP contribution in [0.4, 0.5) is 13.2 Å². The maximum Gasteiger partial charge on any atom is 0.389 e. The molecule has 0 heterocycles. The van der Waals surface area contributed by atoms with Crippen molar-refractivity contribution in [3.8, 4) is 0 Å². The quantitative estimate of drug-likeness (QED) is 0.599. The van der Waals surface area contributed by atoms with Crippen molar-refractivity contribution in [1.29, 1.82) is 0 Å². The summed E-state index contributed by atoms with van der Waals surface area (Å²) in [6, 6.07) is -0.480. The molecule has 1 rings (SSSR count). The Morgan fingerprint density at radius 2 is 2.00 bits per heavy atom.